The topological polar surface area (TPSA) is 44.7 Å². The molecule has 1 aliphatic heterocycles. The predicted octanol–water partition coefficient (Wildman–Crippen LogP) is 3.42. The van der Waals surface area contributed by atoms with Crippen LogP contribution in [0.15, 0.2) is 27.9 Å². The molecular weight excluding hydrogens is 370 g/mol. The minimum absolute atomic E-state index is 0.0543. The van der Waals surface area contributed by atoms with Crippen LogP contribution >= 0.6 is 39.5 Å². The van der Waals surface area contributed by atoms with Gasteiger partial charge in [0.2, 0.25) is 5.91 Å². The van der Waals surface area contributed by atoms with Crippen LogP contribution in [0.2, 0.25) is 0 Å². The van der Waals surface area contributed by atoms with Gasteiger partial charge < -0.3 is 10.2 Å². The van der Waals surface area contributed by atoms with Crippen LogP contribution in [-0.2, 0) is 4.79 Å². The van der Waals surface area contributed by atoms with Crippen LogP contribution in [0.4, 0.5) is 0 Å². The maximum Gasteiger partial charge on any atom is 0.224 e. The van der Waals surface area contributed by atoms with Gasteiger partial charge in [-0.15, -0.1) is 23.5 Å². The summed E-state index contributed by atoms with van der Waals surface area (Å²) in [6.45, 7) is 3.43. The van der Waals surface area contributed by atoms with Crippen LogP contribution in [0.3, 0.4) is 0 Å². The summed E-state index contributed by atoms with van der Waals surface area (Å²) in [5.41, 5.74) is 0.854. The fourth-order valence-corrected chi connectivity index (χ4v) is 3.49. The Morgan fingerprint density at radius 2 is 2.19 bits per heavy atom. The van der Waals surface area contributed by atoms with E-state index in [4.69, 9.17) is 0 Å². The molecule has 118 valence electrons. The van der Waals surface area contributed by atoms with E-state index in [1.807, 2.05) is 19.4 Å². The Kier molecular flexibility index (Phi) is 9.19. The van der Waals surface area contributed by atoms with Crippen molar-refractivity contribution in [1.82, 2.24) is 10.2 Å². The molecule has 4 nitrogen and oxygen atoms in total. The van der Waals surface area contributed by atoms with E-state index in [2.05, 4.69) is 43.3 Å². The zero-order chi connectivity index (χ0) is 15.7. The number of alkyl halides is 1. The van der Waals surface area contributed by atoms with Gasteiger partial charge in [0.15, 0.2) is 0 Å². The Balaban J connectivity index is 2.96. The van der Waals surface area contributed by atoms with Crippen molar-refractivity contribution in [1.29, 1.82) is 0 Å². The molecule has 1 amide bonds. The SMILES string of the molecule is CCCC(=O)NC1=C(SC)N(CC=CCBr)CN=C1SC. The molecule has 7 heteroatoms. The number of thioether (sulfide) groups is 2. The van der Waals surface area contributed by atoms with E-state index >= 15 is 0 Å². The molecule has 0 radical (unpaired) electrons. The summed E-state index contributed by atoms with van der Waals surface area (Å²) in [5, 5.41) is 5.87. The normalized spacial score (nSPS) is 15.6. The summed E-state index contributed by atoms with van der Waals surface area (Å²) < 4.78 is 0. The first-order valence-electron chi connectivity index (χ1n) is 6.80. The van der Waals surface area contributed by atoms with Crippen molar-refractivity contribution >= 4 is 50.4 Å². The molecule has 0 aromatic rings. The largest absolute Gasteiger partial charge is 0.341 e. The zero-order valence-electron chi connectivity index (χ0n) is 12.7. The third-order valence-electron chi connectivity index (χ3n) is 2.81. The molecular formula is C14H22BrN3OS2. The van der Waals surface area contributed by atoms with Gasteiger partial charge in [-0.05, 0) is 18.9 Å². The lowest BCUT2D eigenvalue weighted by Gasteiger charge is -2.30. The maximum atomic E-state index is 11.9. The van der Waals surface area contributed by atoms with E-state index in [1.54, 1.807) is 23.5 Å². The van der Waals surface area contributed by atoms with E-state index in [-0.39, 0.29) is 5.91 Å². The summed E-state index contributed by atoms with van der Waals surface area (Å²) in [7, 11) is 0. The summed E-state index contributed by atoms with van der Waals surface area (Å²) in [6, 6.07) is 0. The minimum atomic E-state index is 0.0543. The number of nitrogens with zero attached hydrogens (tertiary/aromatic N) is 2. The molecule has 1 aliphatic rings. The van der Waals surface area contributed by atoms with Gasteiger partial charge in [0.05, 0.1) is 5.03 Å². The highest BCUT2D eigenvalue weighted by Crippen LogP contribution is 2.27. The first-order valence-corrected chi connectivity index (χ1v) is 10.4. The molecule has 1 N–H and O–H groups in total. The van der Waals surface area contributed by atoms with Crippen molar-refractivity contribution in [3.8, 4) is 0 Å². The fraction of sp³-hybridized carbons (Fsp3) is 0.571. The second-order valence-corrected chi connectivity index (χ2v) is 6.58. The van der Waals surface area contributed by atoms with Crippen molar-refractivity contribution in [3.63, 3.8) is 0 Å². The Bertz CT molecular complexity index is 448. The number of carbonyl (C=O) groups is 1. The van der Waals surface area contributed by atoms with Crippen LogP contribution in [-0.4, -0.2) is 46.9 Å². The van der Waals surface area contributed by atoms with Crippen molar-refractivity contribution in [2.24, 2.45) is 4.99 Å². The molecule has 1 heterocycles. The monoisotopic (exact) mass is 391 g/mol. The van der Waals surface area contributed by atoms with Gasteiger partial charge in [0.1, 0.15) is 17.4 Å². The first kappa shape index (κ1) is 18.6. The van der Waals surface area contributed by atoms with Gasteiger partial charge in [-0.1, -0.05) is 35.0 Å². The number of hydrogen-bond acceptors (Lipinski definition) is 5. The van der Waals surface area contributed by atoms with E-state index < -0.39 is 0 Å². The van der Waals surface area contributed by atoms with E-state index in [9.17, 15) is 4.79 Å². The summed E-state index contributed by atoms with van der Waals surface area (Å²) in [5.74, 6) is 0.0543. The molecule has 0 aromatic heterocycles. The quantitative estimate of drug-likeness (QED) is 0.533. The van der Waals surface area contributed by atoms with Gasteiger partial charge in [0.25, 0.3) is 0 Å². The Morgan fingerprint density at radius 1 is 1.43 bits per heavy atom. The van der Waals surface area contributed by atoms with Crippen LogP contribution in [0, 0.1) is 0 Å². The third-order valence-corrected chi connectivity index (χ3v) is 4.75. The number of halogens is 1. The molecule has 0 fully saturated rings. The van der Waals surface area contributed by atoms with Crippen molar-refractivity contribution < 1.29 is 4.79 Å². The number of rotatable bonds is 7. The van der Waals surface area contributed by atoms with Gasteiger partial charge in [-0.3, -0.25) is 9.79 Å². The van der Waals surface area contributed by atoms with Crippen LogP contribution in [0.5, 0.6) is 0 Å². The number of amides is 1. The van der Waals surface area contributed by atoms with Crippen LogP contribution in [0.25, 0.3) is 0 Å². The van der Waals surface area contributed by atoms with Crippen LogP contribution in [0.1, 0.15) is 19.8 Å². The summed E-state index contributed by atoms with van der Waals surface area (Å²) >= 11 is 6.60. The average Bonchev–Trinajstić information content (AvgIpc) is 2.48. The molecule has 0 aromatic carbocycles. The van der Waals surface area contributed by atoms with Gasteiger partial charge in [0, 0.05) is 18.3 Å². The highest BCUT2D eigenvalue weighted by atomic mass is 79.9. The summed E-state index contributed by atoms with van der Waals surface area (Å²) in [6.07, 6.45) is 9.58. The van der Waals surface area contributed by atoms with Gasteiger partial charge >= 0.3 is 0 Å². The molecule has 0 unspecified atom stereocenters. The third kappa shape index (κ3) is 5.71. The average molecular weight is 392 g/mol. The predicted molar refractivity (Wildman–Crippen MR) is 99.0 cm³/mol. The van der Waals surface area contributed by atoms with Gasteiger partial charge in [-0.25, -0.2) is 0 Å². The molecule has 0 saturated carbocycles. The second kappa shape index (κ2) is 10.3. The van der Waals surface area contributed by atoms with Crippen molar-refractivity contribution in [2.45, 2.75) is 19.8 Å². The Morgan fingerprint density at radius 3 is 2.76 bits per heavy atom. The molecule has 0 saturated heterocycles. The van der Waals surface area contributed by atoms with Crippen molar-refractivity contribution in [2.75, 3.05) is 31.1 Å². The fourth-order valence-electron chi connectivity index (χ4n) is 1.88. The smallest absolute Gasteiger partial charge is 0.224 e. The second-order valence-electron chi connectivity index (χ2n) is 4.34. The Labute approximate surface area is 144 Å². The first-order chi connectivity index (χ1) is 10.2. The number of hydrogen-bond donors (Lipinski definition) is 1. The lowest BCUT2D eigenvalue weighted by atomic mass is 10.3. The highest BCUT2D eigenvalue weighted by Gasteiger charge is 2.23. The zero-order valence-corrected chi connectivity index (χ0v) is 15.9. The lowest BCUT2D eigenvalue weighted by molar-refractivity contribution is -0.120. The molecule has 1 rings (SSSR count). The lowest BCUT2D eigenvalue weighted by Crippen LogP contribution is -2.36. The number of nitrogens with one attached hydrogen (secondary N) is 1. The molecule has 0 bridgehead atoms. The molecule has 0 spiro atoms. The maximum absolute atomic E-state index is 11.9. The molecule has 0 aliphatic carbocycles. The number of aliphatic imine (C=N–C) groups is 1. The van der Waals surface area contributed by atoms with Crippen molar-refractivity contribution in [3.05, 3.63) is 22.9 Å². The van der Waals surface area contributed by atoms with Crippen LogP contribution < -0.4 is 5.32 Å². The van der Waals surface area contributed by atoms with E-state index in [0.717, 1.165) is 34.1 Å². The van der Waals surface area contributed by atoms with E-state index in [1.165, 1.54) is 0 Å². The minimum Gasteiger partial charge on any atom is -0.341 e. The molecule has 21 heavy (non-hydrogen) atoms. The Hall–Kier alpha value is -0.400. The standard InChI is InChI=1S/C14H22BrN3OS2/c1-4-7-11(19)17-12-13(20-2)16-10-18(14(12)21-3)9-6-5-8-15/h5-6H,4,7-10H2,1-3H3,(H,17,19). The summed E-state index contributed by atoms with van der Waals surface area (Å²) in [4.78, 5) is 18.7. The number of carbonyl (C=O) groups excluding carboxylic acids is 1. The highest BCUT2D eigenvalue weighted by molar-refractivity contribution is 9.09. The van der Waals surface area contributed by atoms with E-state index in [0.29, 0.717) is 13.1 Å². The number of allylic oxidation sites excluding steroid dienone is 1. The molecule has 0 atom stereocenters. The van der Waals surface area contributed by atoms with Gasteiger partial charge in [-0.2, -0.15) is 0 Å².